The zero-order valence-electron chi connectivity index (χ0n) is 10.3. The Morgan fingerprint density at radius 3 is 2.47 bits per heavy atom. The fourth-order valence-electron chi connectivity index (χ4n) is 1.71. The van der Waals surface area contributed by atoms with E-state index in [2.05, 4.69) is 33.0 Å². The molecule has 1 aromatic heterocycles. The third-order valence-corrected chi connectivity index (χ3v) is 2.68. The van der Waals surface area contributed by atoms with E-state index in [-0.39, 0.29) is 0 Å². The molecule has 1 rings (SSSR count). The van der Waals surface area contributed by atoms with Gasteiger partial charge in [0, 0.05) is 6.04 Å². The third-order valence-electron chi connectivity index (χ3n) is 2.68. The summed E-state index contributed by atoms with van der Waals surface area (Å²) < 4.78 is 5.36. The Balaban J connectivity index is 2.28. The zero-order valence-corrected chi connectivity index (χ0v) is 10.3. The van der Waals surface area contributed by atoms with E-state index < -0.39 is 0 Å². The molecular weight excluding hydrogens is 186 g/mol. The largest absolute Gasteiger partial charge is 0.468 e. The Hall–Kier alpha value is -0.760. The molecule has 1 N–H and O–H groups in total. The van der Waals surface area contributed by atoms with Crippen LogP contribution in [0.25, 0.3) is 0 Å². The Morgan fingerprint density at radius 1 is 1.20 bits per heavy atom. The average molecular weight is 209 g/mol. The normalized spacial score (nSPS) is 15.5. The Labute approximate surface area is 93.1 Å². The minimum absolute atomic E-state index is 0.308. The summed E-state index contributed by atoms with van der Waals surface area (Å²) in [6, 6.07) is 4.81. The van der Waals surface area contributed by atoms with Crippen molar-refractivity contribution in [3.63, 3.8) is 0 Å². The quantitative estimate of drug-likeness (QED) is 0.771. The van der Waals surface area contributed by atoms with Crippen LogP contribution in [-0.4, -0.2) is 6.04 Å². The summed E-state index contributed by atoms with van der Waals surface area (Å²) in [6.07, 6.45) is 4.23. The van der Waals surface area contributed by atoms with Gasteiger partial charge in [-0.05, 0) is 44.7 Å². The van der Waals surface area contributed by atoms with Crippen molar-refractivity contribution < 1.29 is 4.42 Å². The van der Waals surface area contributed by atoms with Gasteiger partial charge in [-0.25, -0.2) is 0 Å². The predicted molar refractivity (Wildman–Crippen MR) is 63.8 cm³/mol. The van der Waals surface area contributed by atoms with Gasteiger partial charge in [0.25, 0.3) is 0 Å². The molecular formula is C13H23NO. The molecule has 2 nitrogen and oxygen atoms in total. The maximum atomic E-state index is 5.36. The lowest BCUT2D eigenvalue weighted by molar-refractivity contribution is 0.373. The molecule has 0 aliphatic heterocycles. The molecule has 0 radical (unpaired) electrons. The van der Waals surface area contributed by atoms with Crippen molar-refractivity contribution in [1.82, 2.24) is 5.32 Å². The van der Waals surface area contributed by atoms with E-state index in [1.807, 2.05) is 12.1 Å². The van der Waals surface area contributed by atoms with Gasteiger partial charge in [-0.15, -0.1) is 0 Å². The topological polar surface area (TPSA) is 25.2 Å². The van der Waals surface area contributed by atoms with Gasteiger partial charge in [-0.1, -0.05) is 13.8 Å². The second-order valence-electron chi connectivity index (χ2n) is 4.78. The number of hydrogen-bond donors (Lipinski definition) is 1. The van der Waals surface area contributed by atoms with Gasteiger partial charge < -0.3 is 9.73 Å². The summed E-state index contributed by atoms with van der Waals surface area (Å²) in [5.74, 6) is 1.81. The molecule has 0 aliphatic carbocycles. The second kappa shape index (κ2) is 5.96. The maximum Gasteiger partial charge on any atom is 0.120 e. The van der Waals surface area contributed by atoms with Crippen molar-refractivity contribution in [3.8, 4) is 0 Å². The van der Waals surface area contributed by atoms with E-state index in [0.29, 0.717) is 12.1 Å². The van der Waals surface area contributed by atoms with E-state index in [1.165, 1.54) is 12.8 Å². The van der Waals surface area contributed by atoms with E-state index in [1.54, 1.807) is 6.26 Å². The highest BCUT2D eigenvalue weighted by Gasteiger charge is 2.11. The van der Waals surface area contributed by atoms with Crippen LogP contribution in [0.4, 0.5) is 0 Å². The molecule has 2 atom stereocenters. The molecule has 1 heterocycles. The molecule has 0 spiro atoms. The van der Waals surface area contributed by atoms with E-state index >= 15 is 0 Å². The van der Waals surface area contributed by atoms with Crippen LogP contribution in [0, 0.1) is 5.92 Å². The average Bonchev–Trinajstić information content (AvgIpc) is 2.67. The van der Waals surface area contributed by atoms with Gasteiger partial charge >= 0.3 is 0 Å². The first-order valence-electron chi connectivity index (χ1n) is 5.89. The summed E-state index contributed by atoms with van der Waals surface area (Å²) in [5, 5.41) is 3.54. The lowest BCUT2D eigenvalue weighted by atomic mass is 10.0. The molecule has 1 aromatic rings. The smallest absolute Gasteiger partial charge is 0.120 e. The van der Waals surface area contributed by atoms with Gasteiger partial charge in [-0.2, -0.15) is 0 Å². The third kappa shape index (κ3) is 4.52. The van der Waals surface area contributed by atoms with Crippen LogP contribution in [0.3, 0.4) is 0 Å². The highest BCUT2D eigenvalue weighted by Crippen LogP contribution is 2.15. The number of nitrogens with one attached hydrogen (secondary N) is 1. The van der Waals surface area contributed by atoms with Crippen LogP contribution < -0.4 is 5.32 Å². The number of hydrogen-bond acceptors (Lipinski definition) is 2. The molecule has 0 saturated carbocycles. The molecule has 2 unspecified atom stereocenters. The molecule has 0 aromatic carbocycles. The molecule has 86 valence electrons. The predicted octanol–water partition coefficient (Wildman–Crippen LogP) is 3.75. The lowest BCUT2D eigenvalue weighted by Gasteiger charge is -2.19. The van der Waals surface area contributed by atoms with Crippen molar-refractivity contribution in [2.45, 2.75) is 52.6 Å². The van der Waals surface area contributed by atoms with Crippen LogP contribution in [-0.2, 0) is 0 Å². The Bertz CT molecular complexity index is 254. The first kappa shape index (κ1) is 12.3. The van der Waals surface area contributed by atoms with E-state index in [9.17, 15) is 0 Å². The molecule has 15 heavy (non-hydrogen) atoms. The Morgan fingerprint density at radius 2 is 1.93 bits per heavy atom. The fourth-order valence-corrected chi connectivity index (χ4v) is 1.71. The summed E-state index contributed by atoms with van der Waals surface area (Å²) in [4.78, 5) is 0. The lowest BCUT2D eigenvalue weighted by Crippen LogP contribution is -2.28. The van der Waals surface area contributed by atoms with Crippen LogP contribution in [0.15, 0.2) is 22.8 Å². The first-order valence-corrected chi connectivity index (χ1v) is 5.89. The summed E-state index contributed by atoms with van der Waals surface area (Å²) >= 11 is 0. The summed E-state index contributed by atoms with van der Waals surface area (Å²) in [5.41, 5.74) is 0. The minimum atomic E-state index is 0.308. The monoisotopic (exact) mass is 209 g/mol. The molecule has 0 amide bonds. The van der Waals surface area contributed by atoms with Gasteiger partial charge in [0.1, 0.15) is 5.76 Å². The van der Waals surface area contributed by atoms with Crippen molar-refractivity contribution in [3.05, 3.63) is 24.2 Å². The number of furan rings is 1. The van der Waals surface area contributed by atoms with Crippen LogP contribution in [0.5, 0.6) is 0 Å². The van der Waals surface area contributed by atoms with Gasteiger partial charge in [0.15, 0.2) is 0 Å². The molecule has 0 fully saturated rings. The number of rotatable bonds is 6. The van der Waals surface area contributed by atoms with Gasteiger partial charge in [0.2, 0.25) is 0 Å². The Kier molecular flexibility index (Phi) is 4.89. The molecule has 0 saturated heterocycles. The fraction of sp³-hybridized carbons (Fsp3) is 0.692. The summed E-state index contributed by atoms with van der Waals surface area (Å²) in [7, 11) is 0. The first-order chi connectivity index (χ1) is 7.09. The minimum Gasteiger partial charge on any atom is -0.468 e. The molecule has 2 heteroatoms. The summed E-state index contributed by atoms with van der Waals surface area (Å²) in [6.45, 7) is 8.91. The van der Waals surface area contributed by atoms with Crippen molar-refractivity contribution in [1.29, 1.82) is 0 Å². The van der Waals surface area contributed by atoms with Gasteiger partial charge in [0.05, 0.1) is 12.3 Å². The SMILES string of the molecule is CC(C)CCC(C)NC(C)c1ccco1. The highest BCUT2D eigenvalue weighted by atomic mass is 16.3. The van der Waals surface area contributed by atoms with Crippen molar-refractivity contribution in [2.75, 3.05) is 0 Å². The maximum absolute atomic E-state index is 5.36. The van der Waals surface area contributed by atoms with Crippen molar-refractivity contribution >= 4 is 0 Å². The van der Waals surface area contributed by atoms with Crippen LogP contribution >= 0.6 is 0 Å². The molecule has 0 bridgehead atoms. The second-order valence-corrected chi connectivity index (χ2v) is 4.78. The van der Waals surface area contributed by atoms with Gasteiger partial charge in [-0.3, -0.25) is 0 Å². The standard InChI is InChI=1S/C13H23NO/c1-10(2)7-8-11(3)14-12(4)13-6-5-9-15-13/h5-6,9-12,14H,7-8H2,1-4H3. The van der Waals surface area contributed by atoms with Crippen LogP contribution in [0.2, 0.25) is 0 Å². The highest BCUT2D eigenvalue weighted by molar-refractivity contribution is 5.03. The van der Waals surface area contributed by atoms with E-state index in [4.69, 9.17) is 4.42 Å². The van der Waals surface area contributed by atoms with E-state index in [0.717, 1.165) is 11.7 Å². The van der Waals surface area contributed by atoms with Crippen LogP contribution in [0.1, 0.15) is 52.3 Å². The molecule has 0 aliphatic rings. The van der Waals surface area contributed by atoms with Crippen molar-refractivity contribution in [2.24, 2.45) is 5.92 Å². The zero-order chi connectivity index (χ0) is 11.3.